The third kappa shape index (κ3) is 4.06. The van der Waals surface area contributed by atoms with E-state index in [1.165, 1.54) is 22.4 Å². The number of aliphatic imine (C=N–C) groups is 1. The fraction of sp³-hybridized carbons (Fsp3) is 0.286. The second-order valence-corrected chi connectivity index (χ2v) is 6.82. The first-order valence-corrected chi connectivity index (χ1v) is 8.82. The van der Waals surface area contributed by atoms with Gasteiger partial charge in [-0.15, -0.1) is 0 Å². The maximum Gasteiger partial charge on any atom is 0.173 e. The summed E-state index contributed by atoms with van der Waals surface area (Å²) in [5.74, 6) is 0.889. The van der Waals surface area contributed by atoms with E-state index in [0.717, 1.165) is 23.6 Å². The number of hydrogen-bond acceptors (Lipinski definition) is 5. The van der Waals surface area contributed by atoms with Crippen molar-refractivity contribution in [2.45, 2.75) is 26.7 Å². The van der Waals surface area contributed by atoms with Crippen LogP contribution >= 0.6 is 0 Å². The smallest absolute Gasteiger partial charge is 0.173 e. The second-order valence-electron chi connectivity index (χ2n) is 6.82. The Kier molecular flexibility index (Phi) is 5.28. The summed E-state index contributed by atoms with van der Waals surface area (Å²) in [6.07, 6.45) is 1.58. The van der Waals surface area contributed by atoms with Gasteiger partial charge in [0.1, 0.15) is 5.82 Å². The third-order valence-corrected chi connectivity index (χ3v) is 4.68. The van der Waals surface area contributed by atoms with Gasteiger partial charge >= 0.3 is 0 Å². The van der Waals surface area contributed by atoms with Crippen LogP contribution in [0.1, 0.15) is 22.3 Å². The molecule has 0 spiro atoms. The molecule has 4 N–H and O–H groups in total. The molecule has 3 rings (SSSR count). The summed E-state index contributed by atoms with van der Waals surface area (Å²) in [5, 5.41) is 6.61. The van der Waals surface area contributed by atoms with Gasteiger partial charge in [-0.2, -0.15) is 0 Å². The lowest BCUT2D eigenvalue weighted by atomic mass is 9.99. The lowest BCUT2D eigenvalue weighted by Gasteiger charge is -2.23. The normalized spacial score (nSPS) is 16.4. The van der Waals surface area contributed by atoms with E-state index in [1.54, 1.807) is 0 Å². The number of hydrogen-bond donors (Lipinski definition) is 3. The van der Waals surface area contributed by atoms with Crippen molar-refractivity contribution >= 4 is 11.4 Å². The van der Waals surface area contributed by atoms with E-state index in [4.69, 9.17) is 5.73 Å². The van der Waals surface area contributed by atoms with Crippen LogP contribution in [-0.4, -0.2) is 26.1 Å². The van der Waals surface area contributed by atoms with E-state index in [0.29, 0.717) is 0 Å². The monoisotopic (exact) mass is 349 g/mol. The second kappa shape index (κ2) is 7.62. The van der Waals surface area contributed by atoms with Crippen LogP contribution in [0.25, 0.3) is 0 Å². The van der Waals surface area contributed by atoms with Crippen LogP contribution in [0.4, 0.5) is 5.69 Å². The predicted molar refractivity (Wildman–Crippen MR) is 109 cm³/mol. The Morgan fingerprint density at radius 1 is 1.12 bits per heavy atom. The van der Waals surface area contributed by atoms with Gasteiger partial charge < -0.3 is 15.5 Å². The molecule has 26 heavy (non-hydrogen) atoms. The van der Waals surface area contributed by atoms with Crippen molar-refractivity contribution in [1.82, 2.24) is 10.6 Å². The Labute approximate surface area is 155 Å². The Balaban J connectivity index is 1.74. The zero-order valence-corrected chi connectivity index (χ0v) is 15.9. The van der Waals surface area contributed by atoms with Gasteiger partial charge in [-0.3, -0.25) is 5.73 Å². The number of nitrogens with two attached hydrogens (primary N) is 1. The number of rotatable bonds is 5. The number of benzene rings is 2. The van der Waals surface area contributed by atoms with Crippen molar-refractivity contribution in [3.63, 3.8) is 0 Å². The molecule has 5 heteroatoms. The highest BCUT2D eigenvalue weighted by atomic mass is 15.3. The maximum absolute atomic E-state index is 6.08. The van der Waals surface area contributed by atoms with Gasteiger partial charge in [-0.25, -0.2) is 4.99 Å². The van der Waals surface area contributed by atoms with Gasteiger partial charge in [0, 0.05) is 38.0 Å². The Hall–Kier alpha value is -2.79. The molecule has 136 valence electrons. The van der Waals surface area contributed by atoms with E-state index in [-0.39, 0.29) is 0 Å². The van der Waals surface area contributed by atoms with E-state index in [9.17, 15) is 0 Å². The topological polar surface area (TPSA) is 65.7 Å². The van der Waals surface area contributed by atoms with Crippen LogP contribution in [0.3, 0.4) is 0 Å². The number of anilines is 1. The van der Waals surface area contributed by atoms with Crippen LogP contribution in [-0.2, 0) is 6.54 Å². The lowest BCUT2D eigenvalue weighted by molar-refractivity contribution is 0.563. The fourth-order valence-corrected chi connectivity index (χ4v) is 2.94. The Morgan fingerprint density at radius 2 is 1.85 bits per heavy atom. The van der Waals surface area contributed by atoms with Gasteiger partial charge in [-0.1, -0.05) is 30.3 Å². The quantitative estimate of drug-likeness (QED) is 0.776. The minimum Gasteiger partial charge on any atom is -0.378 e. The maximum atomic E-state index is 6.08. The summed E-state index contributed by atoms with van der Waals surface area (Å²) in [7, 11) is 4.08. The summed E-state index contributed by atoms with van der Waals surface area (Å²) in [6.45, 7) is 4.95. The number of nitrogens with zero attached hydrogens (tertiary/aromatic N) is 2. The van der Waals surface area contributed by atoms with Crippen LogP contribution < -0.4 is 21.3 Å². The molecule has 0 fully saturated rings. The van der Waals surface area contributed by atoms with Crippen LogP contribution in [0.15, 0.2) is 59.4 Å². The molecule has 0 amide bonds. The molecule has 1 unspecified atom stereocenters. The highest BCUT2D eigenvalue weighted by molar-refractivity contribution is 6.10. The van der Waals surface area contributed by atoms with Crippen molar-refractivity contribution in [2.24, 2.45) is 10.7 Å². The molecular formula is C21H27N5. The molecule has 0 aromatic heterocycles. The zero-order chi connectivity index (χ0) is 18.7. The van der Waals surface area contributed by atoms with Crippen LogP contribution in [0, 0.1) is 13.8 Å². The molecule has 0 radical (unpaired) electrons. The SMILES string of the molecule is Cc1cccc(C2=NC(N)NC(NCc3ccc(N(C)C)cc3)=C2)c1C. The first-order valence-electron chi connectivity index (χ1n) is 8.82. The van der Waals surface area contributed by atoms with Crippen LogP contribution in [0.5, 0.6) is 0 Å². The zero-order valence-electron chi connectivity index (χ0n) is 15.9. The molecule has 1 heterocycles. The van der Waals surface area contributed by atoms with Gasteiger partial charge in [0.25, 0.3) is 0 Å². The molecule has 1 atom stereocenters. The molecule has 2 aromatic rings. The molecule has 0 saturated heterocycles. The van der Waals surface area contributed by atoms with Crippen molar-refractivity contribution < 1.29 is 0 Å². The van der Waals surface area contributed by atoms with Crippen molar-refractivity contribution in [3.8, 4) is 0 Å². The van der Waals surface area contributed by atoms with Gasteiger partial charge in [0.2, 0.25) is 0 Å². The van der Waals surface area contributed by atoms with Crippen molar-refractivity contribution in [3.05, 3.63) is 76.6 Å². The first kappa shape index (κ1) is 18.0. The number of allylic oxidation sites excluding steroid dienone is 1. The summed E-state index contributed by atoms with van der Waals surface area (Å²) in [4.78, 5) is 6.64. The number of aryl methyl sites for hydroxylation is 1. The van der Waals surface area contributed by atoms with E-state index in [1.807, 2.05) is 20.2 Å². The molecule has 0 saturated carbocycles. The van der Waals surface area contributed by atoms with Gasteiger partial charge in [-0.05, 0) is 42.7 Å². The largest absolute Gasteiger partial charge is 0.378 e. The van der Waals surface area contributed by atoms with E-state index in [2.05, 4.69) is 76.8 Å². The first-order chi connectivity index (χ1) is 12.4. The average molecular weight is 349 g/mol. The minimum absolute atomic E-state index is 0.450. The molecule has 2 aromatic carbocycles. The van der Waals surface area contributed by atoms with Gasteiger partial charge in [0.15, 0.2) is 6.29 Å². The molecule has 0 aliphatic carbocycles. The van der Waals surface area contributed by atoms with Gasteiger partial charge in [0.05, 0.1) is 5.71 Å². The van der Waals surface area contributed by atoms with E-state index >= 15 is 0 Å². The number of nitrogens with one attached hydrogen (secondary N) is 2. The highest BCUT2D eigenvalue weighted by Gasteiger charge is 2.15. The van der Waals surface area contributed by atoms with E-state index < -0.39 is 6.29 Å². The highest BCUT2D eigenvalue weighted by Crippen LogP contribution is 2.17. The Bertz CT molecular complexity index is 834. The predicted octanol–water partition coefficient (Wildman–Crippen LogP) is 2.64. The molecule has 1 aliphatic heterocycles. The standard InChI is InChI=1S/C21H27N5/c1-14-6-5-7-18(15(14)2)19-12-20(25-21(22)24-19)23-13-16-8-10-17(11-9-16)26(3)4/h5-12,21,23,25H,13,22H2,1-4H3. The van der Waals surface area contributed by atoms with Crippen molar-refractivity contribution in [2.75, 3.05) is 19.0 Å². The summed E-state index contributed by atoms with van der Waals surface area (Å²) < 4.78 is 0. The summed E-state index contributed by atoms with van der Waals surface area (Å²) >= 11 is 0. The summed E-state index contributed by atoms with van der Waals surface area (Å²) in [5.41, 5.74) is 13.0. The molecule has 5 nitrogen and oxygen atoms in total. The lowest BCUT2D eigenvalue weighted by Crippen LogP contribution is -2.43. The minimum atomic E-state index is -0.450. The third-order valence-electron chi connectivity index (χ3n) is 4.68. The Morgan fingerprint density at radius 3 is 2.54 bits per heavy atom. The molecule has 1 aliphatic rings. The van der Waals surface area contributed by atoms with Crippen LogP contribution in [0.2, 0.25) is 0 Å². The fourth-order valence-electron chi connectivity index (χ4n) is 2.94. The molecule has 0 bridgehead atoms. The molecular weight excluding hydrogens is 322 g/mol. The van der Waals surface area contributed by atoms with Crippen molar-refractivity contribution in [1.29, 1.82) is 0 Å². The summed E-state index contributed by atoms with van der Waals surface area (Å²) in [6, 6.07) is 14.8. The average Bonchev–Trinajstić information content (AvgIpc) is 2.62.